The van der Waals surface area contributed by atoms with Crippen molar-refractivity contribution in [1.82, 2.24) is 0 Å². The summed E-state index contributed by atoms with van der Waals surface area (Å²) in [5.41, 5.74) is 0. The Hall–Kier alpha value is -1.59. The van der Waals surface area contributed by atoms with Gasteiger partial charge in [-0.3, -0.25) is 14.4 Å². The summed E-state index contributed by atoms with van der Waals surface area (Å²) in [7, 11) is 1.41. The van der Waals surface area contributed by atoms with Crippen LogP contribution < -0.4 is 0 Å². The fourth-order valence-corrected chi connectivity index (χ4v) is 3.46. The molecule has 2 atom stereocenters. The zero-order valence-corrected chi connectivity index (χ0v) is 19.0. The molecular formula is C23H42O6. The number of rotatable bonds is 18. The second-order valence-corrected chi connectivity index (χ2v) is 7.77. The van der Waals surface area contributed by atoms with Gasteiger partial charge >= 0.3 is 17.9 Å². The molecule has 2 unspecified atom stereocenters. The molecule has 6 nitrogen and oxygen atoms in total. The van der Waals surface area contributed by atoms with Crippen molar-refractivity contribution >= 4 is 17.9 Å². The molecule has 0 saturated carbocycles. The maximum atomic E-state index is 11.4. The van der Waals surface area contributed by atoms with Crippen LogP contribution in [0.3, 0.4) is 0 Å². The van der Waals surface area contributed by atoms with Crippen LogP contribution >= 0.6 is 0 Å². The smallest absolute Gasteiger partial charge is 0.305 e. The summed E-state index contributed by atoms with van der Waals surface area (Å²) in [4.78, 5) is 33.8. The molecular weight excluding hydrogens is 372 g/mol. The molecule has 0 aromatic rings. The van der Waals surface area contributed by atoms with E-state index < -0.39 is 0 Å². The Morgan fingerprint density at radius 3 is 1.59 bits per heavy atom. The van der Waals surface area contributed by atoms with Crippen LogP contribution in [0.25, 0.3) is 0 Å². The third-order valence-corrected chi connectivity index (χ3v) is 4.98. The molecule has 0 radical (unpaired) electrons. The van der Waals surface area contributed by atoms with Crippen LogP contribution in [0.1, 0.15) is 111 Å². The van der Waals surface area contributed by atoms with Gasteiger partial charge in [0.15, 0.2) is 0 Å². The summed E-state index contributed by atoms with van der Waals surface area (Å²) in [6.45, 7) is 5.07. The van der Waals surface area contributed by atoms with E-state index in [1.807, 2.05) is 0 Å². The minimum atomic E-state index is -0.243. The molecule has 0 N–H and O–H groups in total. The lowest BCUT2D eigenvalue weighted by Crippen LogP contribution is -2.19. The Labute approximate surface area is 177 Å². The lowest BCUT2D eigenvalue weighted by molar-refractivity contribution is -0.147. The first-order valence-corrected chi connectivity index (χ1v) is 11.3. The molecule has 0 aromatic heterocycles. The van der Waals surface area contributed by atoms with Gasteiger partial charge in [0.25, 0.3) is 0 Å². The SMILES string of the molecule is CCCCCC(CCCC(CCCCCCCC(=O)OC)OC(C)=O)OC(C)=O. The molecule has 29 heavy (non-hydrogen) atoms. The first kappa shape index (κ1) is 27.4. The highest BCUT2D eigenvalue weighted by atomic mass is 16.5. The molecule has 0 aliphatic carbocycles. The van der Waals surface area contributed by atoms with Crippen LogP contribution in [0.5, 0.6) is 0 Å². The summed E-state index contributed by atoms with van der Waals surface area (Å²) < 4.78 is 15.6. The number of carbonyl (C=O) groups excluding carboxylic acids is 3. The third kappa shape index (κ3) is 18.2. The normalized spacial score (nSPS) is 12.8. The maximum absolute atomic E-state index is 11.4. The van der Waals surface area contributed by atoms with Gasteiger partial charge in [0.2, 0.25) is 0 Å². The van der Waals surface area contributed by atoms with E-state index in [4.69, 9.17) is 9.47 Å². The molecule has 0 rings (SSSR count). The highest BCUT2D eigenvalue weighted by molar-refractivity contribution is 5.69. The van der Waals surface area contributed by atoms with E-state index in [-0.39, 0.29) is 30.1 Å². The number of hydrogen-bond acceptors (Lipinski definition) is 6. The third-order valence-electron chi connectivity index (χ3n) is 4.98. The van der Waals surface area contributed by atoms with Crippen LogP contribution in [-0.4, -0.2) is 37.2 Å². The van der Waals surface area contributed by atoms with Crippen molar-refractivity contribution in [2.24, 2.45) is 0 Å². The fraction of sp³-hybridized carbons (Fsp3) is 0.870. The van der Waals surface area contributed by atoms with Crippen molar-refractivity contribution in [3.63, 3.8) is 0 Å². The van der Waals surface area contributed by atoms with Gasteiger partial charge in [0.1, 0.15) is 12.2 Å². The summed E-state index contributed by atoms with van der Waals surface area (Å²) in [6, 6.07) is 0. The lowest BCUT2D eigenvalue weighted by Gasteiger charge is -2.20. The molecule has 0 aromatic carbocycles. The Kier molecular flexibility index (Phi) is 17.4. The van der Waals surface area contributed by atoms with Crippen molar-refractivity contribution in [2.75, 3.05) is 7.11 Å². The van der Waals surface area contributed by atoms with Crippen molar-refractivity contribution in [2.45, 2.75) is 123 Å². The minimum absolute atomic E-state index is 0.0353. The van der Waals surface area contributed by atoms with E-state index in [9.17, 15) is 14.4 Å². The molecule has 0 fully saturated rings. The molecule has 0 heterocycles. The number of carbonyl (C=O) groups is 3. The number of esters is 3. The Balaban J connectivity index is 4.13. The van der Waals surface area contributed by atoms with Crippen LogP contribution in [-0.2, 0) is 28.6 Å². The second-order valence-electron chi connectivity index (χ2n) is 7.77. The molecule has 0 amide bonds. The minimum Gasteiger partial charge on any atom is -0.469 e. The van der Waals surface area contributed by atoms with Crippen molar-refractivity contribution in [3.8, 4) is 0 Å². The average Bonchev–Trinajstić information content (AvgIpc) is 2.65. The van der Waals surface area contributed by atoms with Crippen molar-refractivity contribution in [1.29, 1.82) is 0 Å². The van der Waals surface area contributed by atoms with Gasteiger partial charge in [-0.15, -0.1) is 0 Å². The van der Waals surface area contributed by atoms with Crippen LogP contribution in [0.4, 0.5) is 0 Å². The average molecular weight is 415 g/mol. The van der Waals surface area contributed by atoms with E-state index in [0.29, 0.717) is 6.42 Å². The molecule has 170 valence electrons. The van der Waals surface area contributed by atoms with Crippen molar-refractivity contribution in [3.05, 3.63) is 0 Å². The van der Waals surface area contributed by atoms with Crippen LogP contribution in [0.15, 0.2) is 0 Å². The lowest BCUT2D eigenvalue weighted by atomic mass is 10.0. The van der Waals surface area contributed by atoms with E-state index in [2.05, 4.69) is 11.7 Å². The predicted octanol–water partition coefficient (Wildman–Crippen LogP) is 5.50. The van der Waals surface area contributed by atoms with Crippen LogP contribution in [0.2, 0.25) is 0 Å². The summed E-state index contributed by atoms with van der Waals surface area (Å²) >= 11 is 0. The van der Waals surface area contributed by atoms with Crippen LogP contribution in [0, 0.1) is 0 Å². The van der Waals surface area contributed by atoms with E-state index in [1.54, 1.807) is 0 Å². The first-order chi connectivity index (χ1) is 13.9. The molecule has 0 bridgehead atoms. The molecule has 6 heteroatoms. The fourth-order valence-electron chi connectivity index (χ4n) is 3.46. The van der Waals surface area contributed by atoms with Gasteiger partial charge in [-0.05, 0) is 51.4 Å². The van der Waals surface area contributed by atoms with E-state index in [1.165, 1.54) is 21.0 Å². The van der Waals surface area contributed by atoms with Gasteiger partial charge in [-0.2, -0.15) is 0 Å². The molecule has 0 aliphatic heterocycles. The zero-order valence-electron chi connectivity index (χ0n) is 19.0. The highest BCUT2D eigenvalue weighted by Crippen LogP contribution is 2.19. The zero-order chi connectivity index (χ0) is 21.9. The van der Waals surface area contributed by atoms with Gasteiger partial charge in [0.05, 0.1) is 7.11 Å². The monoisotopic (exact) mass is 414 g/mol. The van der Waals surface area contributed by atoms with Gasteiger partial charge in [-0.25, -0.2) is 0 Å². The number of methoxy groups -OCH3 is 1. The predicted molar refractivity (Wildman–Crippen MR) is 113 cm³/mol. The quantitative estimate of drug-likeness (QED) is 0.167. The molecule has 0 aliphatic rings. The van der Waals surface area contributed by atoms with Crippen molar-refractivity contribution < 1.29 is 28.6 Å². The second kappa shape index (κ2) is 18.4. The Bertz CT molecular complexity index is 449. The van der Waals surface area contributed by atoms with E-state index >= 15 is 0 Å². The molecule has 0 spiro atoms. The summed E-state index contributed by atoms with van der Waals surface area (Å²) in [5.74, 6) is -0.621. The number of ether oxygens (including phenoxy) is 3. The largest absolute Gasteiger partial charge is 0.469 e. The topological polar surface area (TPSA) is 78.9 Å². The summed E-state index contributed by atoms with van der Waals surface area (Å²) in [5, 5.41) is 0. The Morgan fingerprint density at radius 2 is 1.10 bits per heavy atom. The number of hydrogen-bond donors (Lipinski definition) is 0. The van der Waals surface area contributed by atoms with Gasteiger partial charge in [-0.1, -0.05) is 39.0 Å². The Morgan fingerprint density at radius 1 is 0.655 bits per heavy atom. The maximum Gasteiger partial charge on any atom is 0.305 e. The highest BCUT2D eigenvalue weighted by Gasteiger charge is 2.16. The van der Waals surface area contributed by atoms with E-state index in [0.717, 1.165) is 83.5 Å². The first-order valence-electron chi connectivity index (χ1n) is 11.3. The summed E-state index contributed by atoms with van der Waals surface area (Å²) in [6.07, 6.45) is 13.0. The number of unbranched alkanes of at least 4 members (excludes halogenated alkanes) is 6. The molecule has 0 saturated heterocycles. The standard InChI is InChI=1S/C23H42O6/c1-5-6-10-14-21(28-19(2)24)16-13-17-22(29-20(3)25)15-11-8-7-9-12-18-23(26)27-4/h21-22H,5-18H2,1-4H3. The van der Waals surface area contributed by atoms with Gasteiger partial charge in [0, 0.05) is 20.3 Å². The van der Waals surface area contributed by atoms with Gasteiger partial charge < -0.3 is 14.2 Å².